The number of aromatic hydroxyl groups is 1. The number of phenols is 1. The lowest BCUT2D eigenvalue weighted by Crippen LogP contribution is -3.14. The zero-order chi connectivity index (χ0) is 20.4. The van der Waals surface area contributed by atoms with Crippen LogP contribution in [0.4, 0.5) is 0 Å². The Morgan fingerprint density at radius 2 is 2.00 bits per heavy atom. The van der Waals surface area contributed by atoms with Crippen molar-refractivity contribution in [3.05, 3.63) is 64.9 Å². The molecule has 0 aliphatic carbocycles. The third-order valence-electron chi connectivity index (χ3n) is 6.12. The lowest BCUT2D eigenvalue weighted by molar-refractivity contribution is -0.941. The van der Waals surface area contributed by atoms with Gasteiger partial charge in [-0.05, 0) is 50.8 Å². The largest absolute Gasteiger partial charge is 0.507 e. The van der Waals surface area contributed by atoms with Gasteiger partial charge in [0.15, 0.2) is 0 Å². The van der Waals surface area contributed by atoms with E-state index in [1.807, 2.05) is 37.3 Å². The molecule has 152 valence electrons. The minimum Gasteiger partial charge on any atom is -0.507 e. The van der Waals surface area contributed by atoms with Crippen LogP contribution in [0.25, 0.3) is 11.0 Å². The van der Waals surface area contributed by atoms with Crippen LogP contribution in [0.2, 0.25) is 0 Å². The molecule has 2 atom stereocenters. The van der Waals surface area contributed by atoms with Crippen molar-refractivity contribution in [3.8, 4) is 5.75 Å². The molecule has 29 heavy (non-hydrogen) atoms. The van der Waals surface area contributed by atoms with Crippen molar-refractivity contribution in [2.75, 3.05) is 6.54 Å². The number of phenolic OH excluding ortho intramolecular Hbond substituents is 1. The van der Waals surface area contributed by atoms with Gasteiger partial charge in [-0.25, -0.2) is 0 Å². The summed E-state index contributed by atoms with van der Waals surface area (Å²) in [7, 11) is 0. The van der Waals surface area contributed by atoms with Gasteiger partial charge in [-0.2, -0.15) is 0 Å². The Bertz CT molecular complexity index is 1010. The first-order valence-electron chi connectivity index (χ1n) is 10.4. The molecule has 0 spiro atoms. The molecule has 1 unspecified atom stereocenters. The van der Waals surface area contributed by atoms with E-state index in [2.05, 4.69) is 12.2 Å². The van der Waals surface area contributed by atoms with Gasteiger partial charge in [-0.15, -0.1) is 0 Å². The summed E-state index contributed by atoms with van der Waals surface area (Å²) in [6.07, 6.45) is 3.66. The molecule has 0 radical (unpaired) electrons. The summed E-state index contributed by atoms with van der Waals surface area (Å²) in [6, 6.07) is 13.8. The second-order valence-electron chi connectivity index (χ2n) is 8.12. The lowest BCUT2D eigenvalue weighted by Gasteiger charge is -2.30. The van der Waals surface area contributed by atoms with E-state index in [1.165, 1.54) is 24.2 Å². The minimum atomic E-state index is -0.168. The van der Waals surface area contributed by atoms with Crippen LogP contribution >= 0.6 is 0 Å². The summed E-state index contributed by atoms with van der Waals surface area (Å²) < 4.78 is 5.90. The summed E-state index contributed by atoms with van der Waals surface area (Å²) in [5.74, 6) is 0.651. The fourth-order valence-electron chi connectivity index (χ4n) is 4.43. The highest BCUT2D eigenvalue weighted by Crippen LogP contribution is 2.33. The van der Waals surface area contributed by atoms with E-state index in [0.29, 0.717) is 36.0 Å². The van der Waals surface area contributed by atoms with Gasteiger partial charge in [0.1, 0.15) is 23.6 Å². The molecule has 1 aliphatic rings. The highest BCUT2D eigenvalue weighted by molar-refractivity contribution is 6.08. The van der Waals surface area contributed by atoms with E-state index in [9.17, 15) is 9.90 Å². The standard InChI is InChI=1S/C24H28N2O3/c1-16-8-6-7-13-26(16)15-19-20(27)11-12-21-23(19)22(17(2)29-21)24(28)25-14-18-9-4-3-5-10-18/h3-5,9-12,16,27H,6-8,13-15H2,1-2H3,(H,25,28)/p+1/t16-/m0/s1. The van der Waals surface area contributed by atoms with Crippen molar-refractivity contribution < 1.29 is 19.2 Å². The molecule has 0 bridgehead atoms. The number of amides is 1. The number of piperidine rings is 1. The van der Waals surface area contributed by atoms with Crippen molar-refractivity contribution >= 4 is 16.9 Å². The smallest absolute Gasteiger partial charge is 0.255 e. The zero-order valence-electron chi connectivity index (χ0n) is 17.1. The third-order valence-corrected chi connectivity index (χ3v) is 6.12. The molecule has 5 nitrogen and oxygen atoms in total. The number of furan rings is 1. The maximum atomic E-state index is 13.1. The average Bonchev–Trinajstić information content (AvgIpc) is 3.07. The summed E-state index contributed by atoms with van der Waals surface area (Å²) >= 11 is 0. The number of carbonyl (C=O) groups excluding carboxylic acids is 1. The highest BCUT2D eigenvalue weighted by Gasteiger charge is 2.28. The number of aryl methyl sites for hydroxylation is 1. The summed E-state index contributed by atoms with van der Waals surface area (Å²) in [4.78, 5) is 14.5. The monoisotopic (exact) mass is 393 g/mol. The van der Waals surface area contributed by atoms with E-state index in [4.69, 9.17) is 4.42 Å². The van der Waals surface area contributed by atoms with E-state index >= 15 is 0 Å². The molecule has 2 aromatic carbocycles. The molecular weight excluding hydrogens is 364 g/mol. The summed E-state index contributed by atoms with van der Waals surface area (Å²) in [5, 5.41) is 14.4. The first-order valence-corrected chi connectivity index (χ1v) is 10.4. The maximum absolute atomic E-state index is 13.1. The van der Waals surface area contributed by atoms with E-state index in [-0.39, 0.29) is 11.7 Å². The molecule has 2 heterocycles. The van der Waals surface area contributed by atoms with Gasteiger partial charge in [-0.3, -0.25) is 4.79 Å². The van der Waals surface area contributed by atoms with Crippen LogP contribution < -0.4 is 10.2 Å². The Hall–Kier alpha value is -2.79. The van der Waals surface area contributed by atoms with E-state index < -0.39 is 0 Å². The predicted molar refractivity (Wildman–Crippen MR) is 113 cm³/mol. The normalized spacial score (nSPS) is 19.4. The van der Waals surface area contributed by atoms with Crippen LogP contribution in [0, 0.1) is 6.92 Å². The molecule has 1 saturated heterocycles. The van der Waals surface area contributed by atoms with Gasteiger partial charge in [0.05, 0.1) is 23.7 Å². The predicted octanol–water partition coefficient (Wildman–Crippen LogP) is 3.33. The minimum absolute atomic E-state index is 0.168. The van der Waals surface area contributed by atoms with Crippen LogP contribution in [0.5, 0.6) is 5.75 Å². The van der Waals surface area contributed by atoms with Gasteiger partial charge in [0.25, 0.3) is 5.91 Å². The van der Waals surface area contributed by atoms with Gasteiger partial charge >= 0.3 is 0 Å². The first kappa shape index (κ1) is 19.5. The molecule has 0 saturated carbocycles. The number of hydrogen-bond donors (Lipinski definition) is 3. The van der Waals surface area contributed by atoms with Crippen LogP contribution in [-0.4, -0.2) is 23.6 Å². The molecule has 1 fully saturated rings. The average molecular weight is 394 g/mol. The summed E-state index contributed by atoms with van der Waals surface area (Å²) in [5.41, 5.74) is 3.05. The van der Waals surface area contributed by atoms with Crippen LogP contribution in [0.1, 0.15) is 53.4 Å². The number of quaternary nitrogens is 1. The molecule has 5 heteroatoms. The molecule has 3 aromatic rings. The van der Waals surface area contributed by atoms with Gasteiger partial charge in [0, 0.05) is 11.9 Å². The Kier molecular flexibility index (Phi) is 5.58. The van der Waals surface area contributed by atoms with Crippen molar-refractivity contribution in [1.29, 1.82) is 0 Å². The van der Waals surface area contributed by atoms with Gasteiger partial charge < -0.3 is 19.7 Å². The number of rotatable bonds is 5. The van der Waals surface area contributed by atoms with Crippen molar-refractivity contribution in [3.63, 3.8) is 0 Å². The van der Waals surface area contributed by atoms with Crippen LogP contribution in [-0.2, 0) is 13.1 Å². The topological polar surface area (TPSA) is 66.9 Å². The Labute approximate surface area is 171 Å². The molecule has 1 aromatic heterocycles. The number of carbonyl (C=O) groups is 1. The van der Waals surface area contributed by atoms with Crippen molar-refractivity contribution in [2.24, 2.45) is 0 Å². The van der Waals surface area contributed by atoms with Gasteiger partial charge in [-0.1, -0.05) is 30.3 Å². The lowest BCUT2D eigenvalue weighted by atomic mass is 9.99. The third kappa shape index (κ3) is 4.01. The number of fused-ring (bicyclic) bond motifs is 1. The van der Waals surface area contributed by atoms with Crippen LogP contribution in [0.3, 0.4) is 0 Å². The number of benzene rings is 2. The van der Waals surface area contributed by atoms with E-state index in [1.54, 1.807) is 12.1 Å². The highest BCUT2D eigenvalue weighted by atomic mass is 16.3. The Morgan fingerprint density at radius 1 is 1.21 bits per heavy atom. The quantitative estimate of drug-likeness (QED) is 0.623. The Morgan fingerprint density at radius 3 is 2.76 bits per heavy atom. The van der Waals surface area contributed by atoms with Crippen molar-refractivity contribution in [2.45, 2.75) is 52.2 Å². The second kappa shape index (κ2) is 8.29. The number of hydrogen-bond acceptors (Lipinski definition) is 3. The molecule has 1 aliphatic heterocycles. The fourth-order valence-corrected chi connectivity index (χ4v) is 4.43. The van der Waals surface area contributed by atoms with Crippen LogP contribution in [0.15, 0.2) is 46.9 Å². The molecule has 1 amide bonds. The van der Waals surface area contributed by atoms with Crippen molar-refractivity contribution in [1.82, 2.24) is 5.32 Å². The number of nitrogens with one attached hydrogen (secondary N) is 2. The first-order chi connectivity index (χ1) is 14.0. The Balaban J connectivity index is 1.67. The molecule has 3 N–H and O–H groups in total. The second-order valence-corrected chi connectivity index (χ2v) is 8.12. The maximum Gasteiger partial charge on any atom is 0.255 e. The fraction of sp³-hybridized carbons (Fsp3) is 0.375. The van der Waals surface area contributed by atoms with E-state index in [0.717, 1.165) is 23.1 Å². The summed E-state index contributed by atoms with van der Waals surface area (Å²) in [6.45, 7) is 6.31. The number of likely N-dealkylation sites (tertiary alicyclic amines) is 1. The zero-order valence-corrected chi connectivity index (χ0v) is 17.1. The molecule has 4 rings (SSSR count). The molecular formula is C24H29N2O3+. The van der Waals surface area contributed by atoms with Gasteiger partial charge in [0.2, 0.25) is 0 Å². The SMILES string of the molecule is Cc1oc2ccc(O)c(C[NH+]3CCCC[C@@H]3C)c2c1C(=O)NCc1ccccc1.